The summed E-state index contributed by atoms with van der Waals surface area (Å²) in [5.74, 6) is 0.629. The maximum Gasteiger partial charge on any atom is 0.223 e. The van der Waals surface area contributed by atoms with Crippen LogP contribution in [0.3, 0.4) is 0 Å². The predicted molar refractivity (Wildman–Crippen MR) is 55.3 cm³/mol. The van der Waals surface area contributed by atoms with E-state index >= 15 is 0 Å². The average Bonchev–Trinajstić information content (AvgIpc) is 2.12. The number of rotatable bonds is 3. The molecule has 2 heterocycles. The molecule has 5 nitrogen and oxygen atoms in total. The molecule has 1 fully saturated rings. The summed E-state index contributed by atoms with van der Waals surface area (Å²) < 4.78 is 0. The largest absolute Gasteiger partial charge is 0.390 e. The van der Waals surface area contributed by atoms with Gasteiger partial charge in [-0.1, -0.05) is 0 Å². The smallest absolute Gasteiger partial charge is 0.223 e. The lowest BCUT2D eigenvalue weighted by Gasteiger charge is -2.35. The van der Waals surface area contributed by atoms with Gasteiger partial charge in [-0.3, -0.25) is 4.90 Å². The standard InChI is InChI=1S/C8H12N4O.ClH/c13-7-4-12(5-7)6-11-8-9-2-1-3-10-8;/h1-3,7,13H,4-6H2,(H,9,10,11);1H. The lowest BCUT2D eigenvalue weighted by molar-refractivity contribution is 0.00701. The highest BCUT2D eigenvalue weighted by atomic mass is 35.5. The number of halogens is 1. The van der Waals surface area contributed by atoms with E-state index in [1.165, 1.54) is 0 Å². The molecule has 1 aliphatic heterocycles. The van der Waals surface area contributed by atoms with E-state index in [4.69, 9.17) is 5.11 Å². The van der Waals surface area contributed by atoms with Gasteiger partial charge in [0.05, 0.1) is 12.8 Å². The first-order chi connectivity index (χ1) is 6.34. The summed E-state index contributed by atoms with van der Waals surface area (Å²) in [7, 11) is 0. The van der Waals surface area contributed by atoms with Crippen LogP contribution in [0.15, 0.2) is 18.5 Å². The number of nitrogens with one attached hydrogen (secondary N) is 1. The molecular weight excluding hydrogens is 204 g/mol. The Labute approximate surface area is 88.6 Å². The number of likely N-dealkylation sites (tertiary alicyclic amines) is 1. The van der Waals surface area contributed by atoms with Crippen molar-refractivity contribution in [2.45, 2.75) is 6.10 Å². The van der Waals surface area contributed by atoms with E-state index < -0.39 is 0 Å². The third-order valence-electron chi connectivity index (χ3n) is 1.96. The number of aromatic nitrogens is 2. The van der Waals surface area contributed by atoms with Crippen LogP contribution in [0.25, 0.3) is 0 Å². The Morgan fingerprint density at radius 3 is 2.64 bits per heavy atom. The van der Waals surface area contributed by atoms with Gasteiger partial charge in [0.2, 0.25) is 5.95 Å². The zero-order chi connectivity index (χ0) is 9.10. The summed E-state index contributed by atoms with van der Waals surface area (Å²) >= 11 is 0. The number of hydrogen-bond acceptors (Lipinski definition) is 5. The monoisotopic (exact) mass is 216 g/mol. The van der Waals surface area contributed by atoms with Crippen LogP contribution in [-0.2, 0) is 0 Å². The maximum absolute atomic E-state index is 9.01. The molecule has 0 saturated carbocycles. The van der Waals surface area contributed by atoms with Crippen molar-refractivity contribution in [3.8, 4) is 0 Å². The Morgan fingerprint density at radius 1 is 1.43 bits per heavy atom. The van der Waals surface area contributed by atoms with Crippen molar-refractivity contribution in [2.24, 2.45) is 0 Å². The number of aliphatic hydroxyl groups excluding tert-OH is 1. The van der Waals surface area contributed by atoms with Crippen molar-refractivity contribution >= 4 is 18.4 Å². The number of nitrogens with zero attached hydrogens (tertiary/aromatic N) is 3. The van der Waals surface area contributed by atoms with Crippen molar-refractivity contribution in [3.05, 3.63) is 18.5 Å². The summed E-state index contributed by atoms with van der Waals surface area (Å²) in [6, 6.07) is 1.78. The molecule has 0 radical (unpaired) electrons. The van der Waals surface area contributed by atoms with E-state index in [1.54, 1.807) is 18.5 Å². The van der Waals surface area contributed by atoms with Crippen molar-refractivity contribution in [2.75, 3.05) is 25.1 Å². The second-order valence-corrected chi connectivity index (χ2v) is 3.10. The van der Waals surface area contributed by atoms with Crippen LogP contribution in [0.2, 0.25) is 0 Å². The van der Waals surface area contributed by atoms with Crippen LogP contribution in [0.1, 0.15) is 0 Å². The minimum atomic E-state index is -0.154. The highest BCUT2D eigenvalue weighted by molar-refractivity contribution is 5.85. The van der Waals surface area contributed by atoms with Gasteiger partial charge in [-0.25, -0.2) is 9.97 Å². The molecule has 0 unspecified atom stereocenters. The first-order valence-electron chi connectivity index (χ1n) is 4.26. The molecule has 0 amide bonds. The lowest BCUT2D eigenvalue weighted by atomic mass is 10.2. The molecule has 1 saturated heterocycles. The van der Waals surface area contributed by atoms with Gasteiger partial charge >= 0.3 is 0 Å². The summed E-state index contributed by atoms with van der Waals surface area (Å²) in [5.41, 5.74) is 0. The Balaban J connectivity index is 0.000000980. The topological polar surface area (TPSA) is 61.3 Å². The lowest BCUT2D eigenvalue weighted by Crippen LogP contribution is -2.52. The van der Waals surface area contributed by atoms with Gasteiger partial charge in [0, 0.05) is 25.5 Å². The Bertz CT molecular complexity index is 265. The molecule has 0 bridgehead atoms. The Kier molecular flexibility index (Phi) is 4.06. The van der Waals surface area contributed by atoms with Crippen molar-refractivity contribution in [1.29, 1.82) is 0 Å². The fourth-order valence-electron chi connectivity index (χ4n) is 1.24. The SMILES string of the molecule is Cl.OC1CN(CNc2ncccn2)C1. The summed E-state index contributed by atoms with van der Waals surface area (Å²) in [5, 5.41) is 12.1. The zero-order valence-corrected chi connectivity index (χ0v) is 8.44. The summed E-state index contributed by atoms with van der Waals surface area (Å²) in [6.45, 7) is 2.17. The third-order valence-corrected chi connectivity index (χ3v) is 1.96. The van der Waals surface area contributed by atoms with Gasteiger partial charge in [-0.05, 0) is 6.07 Å². The van der Waals surface area contributed by atoms with Gasteiger partial charge in [-0.15, -0.1) is 12.4 Å². The van der Waals surface area contributed by atoms with Gasteiger partial charge in [0.25, 0.3) is 0 Å². The van der Waals surface area contributed by atoms with Crippen LogP contribution in [-0.4, -0.2) is 45.8 Å². The van der Waals surface area contributed by atoms with Crippen molar-refractivity contribution in [3.63, 3.8) is 0 Å². The van der Waals surface area contributed by atoms with E-state index in [0.717, 1.165) is 13.1 Å². The number of hydrogen-bond donors (Lipinski definition) is 2. The second-order valence-electron chi connectivity index (χ2n) is 3.10. The predicted octanol–water partition coefficient (Wildman–Crippen LogP) is -0.0557. The van der Waals surface area contributed by atoms with Crippen molar-refractivity contribution < 1.29 is 5.11 Å². The van der Waals surface area contributed by atoms with E-state index in [2.05, 4.69) is 20.2 Å². The number of aliphatic hydroxyl groups is 1. The molecule has 2 rings (SSSR count). The zero-order valence-electron chi connectivity index (χ0n) is 7.63. The van der Waals surface area contributed by atoms with Gasteiger partial charge < -0.3 is 10.4 Å². The Morgan fingerprint density at radius 2 is 2.07 bits per heavy atom. The first kappa shape index (κ1) is 11.2. The Hall–Kier alpha value is -0.910. The van der Waals surface area contributed by atoms with Crippen LogP contribution in [0.5, 0.6) is 0 Å². The van der Waals surface area contributed by atoms with E-state index in [-0.39, 0.29) is 18.5 Å². The molecular formula is C8H13ClN4O. The highest BCUT2D eigenvalue weighted by Gasteiger charge is 2.23. The highest BCUT2D eigenvalue weighted by Crippen LogP contribution is 2.06. The molecule has 14 heavy (non-hydrogen) atoms. The maximum atomic E-state index is 9.01. The second kappa shape index (κ2) is 5.09. The first-order valence-corrected chi connectivity index (χ1v) is 4.26. The number of β-amino-alcohol motifs (C(OH)–C–C–N with tert-alkyl or cyclic N) is 1. The van der Waals surface area contributed by atoms with Gasteiger partial charge in [0.1, 0.15) is 0 Å². The fourth-order valence-corrected chi connectivity index (χ4v) is 1.24. The molecule has 0 aliphatic carbocycles. The molecule has 0 atom stereocenters. The molecule has 0 spiro atoms. The third kappa shape index (κ3) is 2.80. The quantitative estimate of drug-likeness (QED) is 0.742. The minimum Gasteiger partial charge on any atom is -0.390 e. The van der Waals surface area contributed by atoms with Crippen LogP contribution < -0.4 is 5.32 Å². The molecule has 6 heteroatoms. The van der Waals surface area contributed by atoms with Crippen molar-refractivity contribution in [1.82, 2.24) is 14.9 Å². The summed E-state index contributed by atoms with van der Waals surface area (Å²) in [6.07, 6.45) is 3.24. The molecule has 2 N–H and O–H groups in total. The minimum absolute atomic E-state index is 0. The normalized spacial score (nSPS) is 16.9. The fraction of sp³-hybridized carbons (Fsp3) is 0.500. The van der Waals surface area contributed by atoms with E-state index in [1.807, 2.05) is 0 Å². The van der Waals surface area contributed by atoms with E-state index in [9.17, 15) is 0 Å². The van der Waals surface area contributed by atoms with Crippen LogP contribution in [0.4, 0.5) is 5.95 Å². The van der Waals surface area contributed by atoms with Gasteiger partial charge in [0.15, 0.2) is 0 Å². The molecule has 0 aromatic carbocycles. The summed E-state index contributed by atoms with van der Waals surface area (Å²) in [4.78, 5) is 10.1. The molecule has 78 valence electrons. The molecule has 1 aliphatic rings. The number of anilines is 1. The van der Waals surface area contributed by atoms with E-state index in [0.29, 0.717) is 12.6 Å². The average molecular weight is 217 g/mol. The van der Waals surface area contributed by atoms with Gasteiger partial charge in [-0.2, -0.15) is 0 Å². The molecule has 1 aromatic rings. The molecule has 1 aromatic heterocycles. The van der Waals surface area contributed by atoms with Crippen LogP contribution >= 0.6 is 12.4 Å². The van der Waals surface area contributed by atoms with Crippen LogP contribution in [0, 0.1) is 0 Å².